The molecule has 0 unspecified atom stereocenters. The molecule has 3 rings (SSSR count). The van der Waals surface area contributed by atoms with Gasteiger partial charge in [-0.1, -0.05) is 13.0 Å². The highest BCUT2D eigenvalue weighted by atomic mass is 16.2. The smallest absolute Gasteiger partial charge is 0.254 e. The summed E-state index contributed by atoms with van der Waals surface area (Å²) in [4.78, 5) is 30.5. The molecule has 1 aromatic heterocycles. The molecule has 2 aliphatic rings. The van der Waals surface area contributed by atoms with Crippen molar-refractivity contribution >= 4 is 11.7 Å². The second-order valence-electron chi connectivity index (χ2n) is 5.61. The number of nitrogens with zero attached hydrogens (tertiary/aromatic N) is 2. The van der Waals surface area contributed by atoms with Crippen LogP contribution in [-0.2, 0) is 22.6 Å². The van der Waals surface area contributed by atoms with E-state index in [0.29, 0.717) is 17.7 Å². The van der Waals surface area contributed by atoms with Crippen molar-refractivity contribution < 1.29 is 9.59 Å². The molecule has 1 aliphatic carbocycles. The monoisotopic (exact) mass is 294 g/mol. The highest BCUT2D eigenvalue weighted by Gasteiger charge is 2.35. The largest absolute Gasteiger partial charge is 0.302 e. The predicted octanol–water partition coefficient (Wildman–Crippen LogP) is 2.72. The van der Waals surface area contributed by atoms with E-state index >= 15 is 0 Å². The standard InChI is InChI=1S/C18H18N2O2/c1-4-13-5-6-14(19-9-13)10-20-17-12(3)16(21)8-7-15(17)11(2)18(20)22/h5-9H,4,10H2,1-3H3. The predicted molar refractivity (Wildman–Crippen MR) is 83.7 cm³/mol. The fourth-order valence-electron chi connectivity index (χ4n) is 2.82. The van der Waals surface area contributed by atoms with Crippen LogP contribution in [0.1, 0.15) is 32.0 Å². The third kappa shape index (κ3) is 2.21. The summed E-state index contributed by atoms with van der Waals surface area (Å²) in [6.07, 6.45) is 6.04. The van der Waals surface area contributed by atoms with Gasteiger partial charge >= 0.3 is 0 Å². The maximum atomic E-state index is 12.5. The van der Waals surface area contributed by atoms with E-state index in [1.807, 2.05) is 18.3 Å². The molecule has 4 nitrogen and oxygen atoms in total. The molecule has 0 atom stereocenters. The summed E-state index contributed by atoms with van der Waals surface area (Å²) >= 11 is 0. The lowest BCUT2D eigenvalue weighted by Gasteiger charge is -2.22. The summed E-state index contributed by atoms with van der Waals surface area (Å²) in [5.41, 5.74) is 4.87. The van der Waals surface area contributed by atoms with Gasteiger partial charge in [-0.15, -0.1) is 0 Å². The quantitative estimate of drug-likeness (QED) is 0.861. The summed E-state index contributed by atoms with van der Waals surface area (Å²) < 4.78 is 0. The fraction of sp³-hybridized carbons (Fsp3) is 0.278. The van der Waals surface area contributed by atoms with Crippen LogP contribution in [0.4, 0.5) is 0 Å². The van der Waals surface area contributed by atoms with Crippen LogP contribution in [0.2, 0.25) is 0 Å². The van der Waals surface area contributed by atoms with Gasteiger partial charge in [0.25, 0.3) is 5.91 Å². The minimum absolute atomic E-state index is 0.0412. The van der Waals surface area contributed by atoms with Gasteiger partial charge in [0.2, 0.25) is 0 Å². The Hall–Kier alpha value is -2.49. The molecule has 1 aliphatic heterocycles. The van der Waals surface area contributed by atoms with Crippen LogP contribution < -0.4 is 0 Å². The number of ketones is 1. The van der Waals surface area contributed by atoms with Crippen LogP contribution in [0.5, 0.6) is 0 Å². The number of aromatic nitrogens is 1. The molecule has 0 radical (unpaired) electrons. The Kier molecular flexibility index (Phi) is 3.53. The highest BCUT2D eigenvalue weighted by Crippen LogP contribution is 2.36. The molecule has 0 saturated heterocycles. The Morgan fingerprint density at radius 1 is 1.09 bits per heavy atom. The van der Waals surface area contributed by atoms with Crippen molar-refractivity contribution in [2.24, 2.45) is 0 Å². The Morgan fingerprint density at radius 3 is 2.50 bits per heavy atom. The first-order valence-electron chi connectivity index (χ1n) is 7.43. The minimum Gasteiger partial charge on any atom is -0.302 e. The summed E-state index contributed by atoms with van der Waals surface area (Å²) in [7, 11) is 0. The van der Waals surface area contributed by atoms with E-state index in [0.717, 1.165) is 28.9 Å². The van der Waals surface area contributed by atoms with Crippen molar-refractivity contribution in [2.75, 3.05) is 0 Å². The number of allylic oxidation sites excluding steroid dienone is 3. The lowest BCUT2D eigenvalue weighted by molar-refractivity contribution is -0.124. The highest BCUT2D eigenvalue weighted by molar-refractivity contribution is 6.11. The van der Waals surface area contributed by atoms with E-state index in [1.54, 1.807) is 24.8 Å². The van der Waals surface area contributed by atoms with Crippen LogP contribution in [0, 0.1) is 0 Å². The molecule has 0 bridgehead atoms. The number of carbonyl (C=O) groups excluding carboxylic acids is 2. The molecule has 0 aromatic carbocycles. The van der Waals surface area contributed by atoms with Crippen LogP contribution in [0.3, 0.4) is 0 Å². The Balaban J connectivity index is 1.95. The number of aryl methyl sites for hydroxylation is 1. The zero-order valence-electron chi connectivity index (χ0n) is 13.0. The van der Waals surface area contributed by atoms with E-state index in [9.17, 15) is 9.59 Å². The number of carbonyl (C=O) groups is 2. The first kappa shape index (κ1) is 14.4. The third-order valence-corrected chi connectivity index (χ3v) is 4.24. The summed E-state index contributed by atoms with van der Waals surface area (Å²) in [5.74, 6) is -0.0920. The second-order valence-corrected chi connectivity index (χ2v) is 5.61. The van der Waals surface area contributed by atoms with Gasteiger partial charge in [-0.05, 0) is 44.1 Å². The van der Waals surface area contributed by atoms with Crippen molar-refractivity contribution in [3.05, 3.63) is 64.2 Å². The van der Waals surface area contributed by atoms with Crippen LogP contribution in [-0.4, -0.2) is 21.6 Å². The number of pyridine rings is 1. The van der Waals surface area contributed by atoms with E-state index in [1.165, 1.54) is 6.08 Å². The van der Waals surface area contributed by atoms with Crippen molar-refractivity contribution in [3.8, 4) is 0 Å². The Morgan fingerprint density at radius 2 is 1.86 bits per heavy atom. The summed E-state index contributed by atoms with van der Waals surface area (Å²) in [5, 5.41) is 0. The van der Waals surface area contributed by atoms with E-state index in [-0.39, 0.29) is 11.7 Å². The maximum absolute atomic E-state index is 12.5. The molecule has 22 heavy (non-hydrogen) atoms. The van der Waals surface area contributed by atoms with Crippen molar-refractivity contribution in [1.82, 2.24) is 9.88 Å². The molecule has 0 saturated carbocycles. The average Bonchev–Trinajstić information content (AvgIpc) is 2.77. The normalized spacial score (nSPS) is 17.7. The number of rotatable bonds is 3. The first-order chi connectivity index (χ1) is 10.5. The van der Waals surface area contributed by atoms with E-state index in [4.69, 9.17) is 0 Å². The number of hydrogen-bond donors (Lipinski definition) is 0. The van der Waals surface area contributed by atoms with Crippen LogP contribution in [0.15, 0.2) is 52.9 Å². The van der Waals surface area contributed by atoms with Crippen molar-refractivity contribution in [1.29, 1.82) is 0 Å². The van der Waals surface area contributed by atoms with Gasteiger partial charge < -0.3 is 4.90 Å². The summed E-state index contributed by atoms with van der Waals surface area (Å²) in [6.45, 7) is 6.04. The fourth-order valence-corrected chi connectivity index (χ4v) is 2.82. The SMILES string of the molecule is CCc1ccc(CN2C(=O)C(C)=C3C=CC(=O)C(C)=C32)nc1. The maximum Gasteiger partial charge on any atom is 0.254 e. The Labute approximate surface area is 129 Å². The van der Waals surface area contributed by atoms with Crippen molar-refractivity contribution in [2.45, 2.75) is 33.7 Å². The van der Waals surface area contributed by atoms with Gasteiger partial charge in [0.15, 0.2) is 5.78 Å². The molecule has 4 heteroatoms. The van der Waals surface area contributed by atoms with Gasteiger partial charge in [-0.3, -0.25) is 14.6 Å². The topological polar surface area (TPSA) is 50.3 Å². The third-order valence-electron chi connectivity index (χ3n) is 4.24. The molecule has 0 fully saturated rings. The van der Waals surface area contributed by atoms with Gasteiger partial charge in [0, 0.05) is 22.9 Å². The Bertz CT molecular complexity index is 752. The number of amides is 1. The molecule has 1 aromatic rings. The molecule has 2 heterocycles. The first-order valence-corrected chi connectivity index (χ1v) is 7.43. The van der Waals surface area contributed by atoms with Gasteiger partial charge in [0.05, 0.1) is 17.9 Å². The van der Waals surface area contributed by atoms with Gasteiger partial charge in [0.1, 0.15) is 0 Å². The lowest BCUT2D eigenvalue weighted by atomic mass is 9.97. The molecular weight excluding hydrogens is 276 g/mol. The molecule has 0 N–H and O–H groups in total. The van der Waals surface area contributed by atoms with Crippen molar-refractivity contribution in [3.63, 3.8) is 0 Å². The van der Waals surface area contributed by atoms with Gasteiger partial charge in [-0.25, -0.2) is 0 Å². The second kappa shape index (κ2) is 5.37. The average molecular weight is 294 g/mol. The number of hydrogen-bond acceptors (Lipinski definition) is 3. The van der Waals surface area contributed by atoms with E-state index < -0.39 is 0 Å². The molecule has 112 valence electrons. The number of fused-ring (bicyclic) bond motifs is 1. The lowest BCUT2D eigenvalue weighted by Crippen LogP contribution is -2.27. The van der Waals surface area contributed by atoms with Crippen LogP contribution >= 0.6 is 0 Å². The summed E-state index contributed by atoms with van der Waals surface area (Å²) in [6, 6.07) is 3.97. The molecular formula is C18H18N2O2. The molecule has 0 spiro atoms. The van der Waals surface area contributed by atoms with Crippen LogP contribution in [0.25, 0.3) is 0 Å². The minimum atomic E-state index is -0.0509. The zero-order chi connectivity index (χ0) is 15.9. The zero-order valence-corrected chi connectivity index (χ0v) is 13.0. The van der Waals surface area contributed by atoms with E-state index in [2.05, 4.69) is 11.9 Å². The molecule has 1 amide bonds. The van der Waals surface area contributed by atoms with Gasteiger partial charge in [-0.2, -0.15) is 0 Å².